The van der Waals surface area contributed by atoms with Crippen molar-refractivity contribution >= 4 is 57.6 Å². The number of nitrogens with zero attached hydrogens (tertiary/aromatic N) is 4. The fraction of sp³-hybridized carbons (Fsp3) is 0.238. The van der Waals surface area contributed by atoms with Crippen LogP contribution in [-0.2, 0) is 22.4 Å². The van der Waals surface area contributed by atoms with E-state index in [-0.39, 0.29) is 34.1 Å². The molecule has 6 rings (SSSR count). The van der Waals surface area contributed by atoms with Crippen molar-refractivity contribution in [2.45, 2.75) is 65.5 Å². The minimum atomic E-state index is -0.670. The van der Waals surface area contributed by atoms with Crippen molar-refractivity contribution in [1.29, 1.82) is 0 Å². The smallest absolute Gasteiger partial charge is 0.271 e. The van der Waals surface area contributed by atoms with Crippen molar-refractivity contribution in [3.8, 4) is 0 Å². The Labute approximate surface area is 314 Å². The lowest BCUT2D eigenvalue weighted by Gasteiger charge is -2.28. The molecule has 0 unspecified atom stereocenters. The van der Waals surface area contributed by atoms with E-state index in [4.69, 9.17) is 21.5 Å². The summed E-state index contributed by atoms with van der Waals surface area (Å²) in [6.45, 7) is 11.0. The van der Waals surface area contributed by atoms with E-state index in [0.717, 1.165) is 35.1 Å². The van der Waals surface area contributed by atoms with Crippen LogP contribution >= 0.6 is 0 Å². The van der Waals surface area contributed by atoms with E-state index < -0.39 is 11.8 Å². The van der Waals surface area contributed by atoms with Crippen LogP contribution < -0.4 is 22.3 Å². The molecule has 0 aromatic heterocycles. The molecule has 6 N–H and O–H groups in total. The highest BCUT2D eigenvalue weighted by Gasteiger charge is 2.32. The first-order valence-electron chi connectivity index (χ1n) is 17.4. The Bertz CT molecular complexity index is 2250. The van der Waals surface area contributed by atoms with Crippen LogP contribution in [0.3, 0.4) is 0 Å². The summed E-state index contributed by atoms with van der Waals surface area (Å²) < 4.78 is 0. The summed E-state index contributed by atoms with van der Waals surface area (Å²) >= 11 is 0. The summed E-state index contributed by atoms with van der Waals surface area (Å²) in [5.41, 5.74) is 23.6. The number of hydrogen-bond acceptors (Lipinski definition) is 10. The lowest BCUT2D eigenvalue weighted by atomic mass is 9.85. The Morgan fingerprint density at radius 3 is 1.46 bits per heavy atom. The molecule has 12 heteroatoms. The Hall–Kier alpha value is -6.56. The van der Waals surface area contributed by atoms with Crippen LogP contribution in [-0.4, -0.2) is 57.3 Å². The zero-order chi connectivity index (χ0) is 39.2. The first-order valence-corrected chi connectivity index (χ1v) is 17.4. The number of nitrogens with one attached hydrogen (secondary N) is 2. The molecule has 0 spiro atoms. The minimum absolute atomic E-state index is 0.0155. The molecule has 4 aromatic carbocycles. The number of rotatable bonds is 10. The van der Waals surface area contributed by atoms with Gasteiger partial charge >= 0.3 is 0 Å². The number of hydrazone groups is 2. The monoisotopic (exact) mass is 724 g/mol. The van der Waals surface area contributed by atoms with Crippen LogP contribution in [0.15, 0.2) is 117 Å². The maximum Gasteiger partial charge on any atom is 0.271 e. The number of hydrogen-bond donors (Lipinski definition) is 4. The summed E-state index contributed by atoms with van der Waals surface area (Å²) in [5.74, 6) is -1.39. The van der Waals surface area contributed by atoms with Crippen molar-refractivity contribution in [1.82, 2.24) is 0 Å². The van der Waals surface area contributed by atoms with Gasteiger partial charge in [0.1, 0.15) is 0 Å². The molecule has 0 fully saturated rings. The van der Waals surface area contributed by atoms with Crippen molar-refractivity contribution in [3.63, 3.8) is 0 Å². The van der Waals surface area contributed by atoms with E-state index in [9.17, 15) is 19.2 Å². The Balaban J connectivity index is 0.000000208. The zero-order valence-electron chi connectivity index (χ0n) is 31.2. The average molecular weight is 725 g/mol. The third-order valence-corrected chi connectivity index (χ3v) is 8.69. The number of fused-ring (bicyclic) bond motifs is 2. The number of Topliss-reactive ketones (excluding diaryl/α,β-unsaturated/α-hetero) is 2. The fourth-order valence-corrected chi connectivity index (χ4v) is 6.19. The van der Waals surface area contributed by atoms with Gasteiger partial charge in [0, 0.05) is 22.3 Å². The van der Waals surface area contributed by atoms with E-state index in [0.29, 0.717) is 33.9 Å². The van der Waals surface area contributed by atoms with Gasteiger partial charge in [0.15, 0.2) is 23.0 Å². The van der Waals surface area contributed by atoms with Crippen molar-refractivity contribution in [3.05, 3.63) is 130 Å². The number of carbonyl (C=O) groups excluding carboxylic acids is 4. The van der Waals surface area contributed by atoms with Gasteiger partial charge in [-0.05, 0) is 102 Å². The van der Waals surface area contributed by atoms with Gasteiger partial charge in [-0.1, -0.05) is 60.7 Å². The number of anilines is 2. The third kappa shape index (κ3) is 9.45. The second-order valence-electron chi connectivity index (χ2n) is 14.4. The third-order valence-electron chi connectivity index (χ3n) is 8.69. The van der Waals surface area contributed by atoms with Gasteiger partial charge in [-0.2, -0.15) is 10.2 Å². The summed E-state index contributed by atoms with van der Waals surface area (Å²) in [5, 5.41) is 8.46. The van der Waals surface area contributed by atoms with Gasteiger partial charge in [-0.15, -0.1) is 0 Å². The predicted octanol–water partition coefficient (Wildman–Crippen LogP) is 5.93. The van der Waals surface area contributed by atoms with Crippen LogP contribution in [0.4, 0.5) is 11.4 Å². The molecule has 2 aliphatic rings. The van der Waals surface area contributed by atoms with Crippen LogP contribution in [0, 0.1) is 0 Å². The molecular weight excluding hydrogens is 681 g/mol. The minimum Gasteiger partial charge on any atom is -0.364 e. The summed E-state index contributed by atoms with van der Waals surface area (Å²) in [4.78, 5) is 56.6. The molecule has 0 atom stereocenters. The first kappa shape index (κ1) is 38.7. The molecule has 2 aliphatic heterocycles. The second-order valence-corrected chi connectivity index (χ2v) is 14.4. The highest BCUT2D eigenvalue weighted by molar-refractivity contribution is 6.70. The molecule has 276 valence electrons. The molecule has 4 aromatic rings. The molecule has 0 saturated heterocycles. The summed E-state index contributed by atoms with van der Waals surface area (Å²) in [6, 6.07) is 29.3. The van der Waals surface area contributed by atoms with Gasteiger partial charge in [0.05, 0.1) is 33.9 Å². The Morgan fingerprint density at radius 2 is 1.02 bits per heavy atom. The average Bonchev–Trinajstić information content (AvgIpc) is 3.11. The Kier molecular flexibility index (Phi) is 11.4. The fourth-order valence-electron chi connectivity index (χ4n) is 6.19. The maximum absolute atomic E-state index is 12.1. The predicted molar refractivity (Wildman–Crippen MR) is 215 cm³/mol. The molecule has 0 aliphatic carbocycles. The molecule has 2 heterocycles. The van der Waals surface area contributed by atoms with Gasteiger partial charge in [0.25, 0.3) is 11.8 Å². The first-order chi connectivity index (χ1) is 25.5. The van der Waals surface area contributed by atoms with Crippen LogP contribution in [0.25, 0.3) is 0 Å². The van der Waals surface area contributed by atoms with Gasteiger partial charge in [0.2, 0.25) is 0 Å². The van der Waals surface area contributed by atoms with Crippen LogP contribution in [0.1, 0.15) is 84.5 Å². The summed E-state index contributed by atoms with van der Waals surface area (Å²) in [6.07, 6.45) is 1.55. The molecule has 0 bridgehead atoms. The normalized spacial score (nSPS) is 15.5. The van der Waals surface area contributed by atoms with Gasteiger partial charge in [-0.3, -0.25) is 40.0 Å². The molecular formula is C42H44N8O4. The van der Waals surface area contributed by atoms with Crippen molar-refractivity contribution in [2.75, 3.05) is 10.9 Å². The van der Waals surface area contributed by atoms with Crippen molar-refractivity contribution < 1.29 is 19.2 Å². The zero-order valence-corrected chi connectivity index (χ0v) is 31.2. The topological polar surface area (TPSA) is 194 Å². The largest absolute Gasteiger partial charge is 0.364 e. The van der Waals surface area contributed by atoms with Gasteiger partial charge in [-0.25, -0.2) is 0 Å². The molecule has 54 heavy (non-hydrogen) atoms. The number of benzene rings is 4. The number of amides is 2. The maximum atomic E-state index is 12.1. The summed E-state index contributed by atoms with van der Waals surface area (Å²) in [7, 11) is 0. The van der Waals surface area contributed by atoms with Gasteiger partial charge < -0.3 is 11.5 Å². The van der Waals surface area contributed by atoms with Crippen LogP contribution in [0.2, 0.25) is 0 Å². The molecule has 0 radical (unpaired) electrons. The quantitative estimate of drug-likeness (QED) is 0.0889. The standard InChI is InChI=1S/2C21H22N4O2/c1-13(26)14-8-6-9-16(11-14)24-25-19(20(22)27)18-17-10-5-4-7-15(17)12-21(2,3)23-18;1-13(26)14-8-10-16(11-9-14)24-25-19(20(22)27)18-17-7-5-4-6-15(17)12-21(2,3)23-18/h2*4-11,24H,12H2,1-3H3,(H2,22,27). The van der Waals surface area contributed by atoms with E-state index in [1.54, 1.807) is 48.5 Å². The highest BCUT2D eigenvalue weighted by Crippen LogP contribution is 2.29. The highest BCUT2D eigenvalue weighted by atomic mass is 16.2. The number of ketones is 2. The second kappa shape index (κ2) is 16.0. The number of aliphatic imine (C=N–C) groups is 2. The van der Waals surface area contributed by atoms with Crippen LogP contribution in [0.5, 0.6) is 0 Å². The van der Waals surface area contributed by atoms with Crippen molar-refractivity contribution in [2.24, 2.45) is 31.7 Å². The lowest BCUT2D eigenvalue weighted by molar-refractivity contribution is -0.112. The molecule has 12 nitrogen and oxygen atoms in total. The number of carbonyl (C=O) groups is 4. The number of primary amides is 2. The molecule has 0 saturated carbocycles. The Morgan fingerprint density at radius 1 is 0.574 bits per heavy atom. The number of nitrogens with two attached hydrogens (primary N) is 2. The van der Waals surface area contributed by atoms with E-state index in [1.165, 1.54) is 13.8 Å². The van der Waals surface area contributed by atoms with E-state index in [1.807, 2.05) is 76.2 Å². The lowest BCUT2D eigenvalue weighted by Crippen LogP contribution is -2.38. The van der Waals surface area contributed by atoms with E-state index in [2.05, 4.69) is 21.1 Å². The SMILES string of the molecule is CC(=O)c1ccc(NN=C(C(N)=O)C2=NC(C)(C)Cc3ccccc32)cc1.CC(=O)c1cccc(NN=C(C(N)=O)C2=NC(C)(C)Cc3ccccc32)c1. The van der Waals surface area contributed by atoms with E-state index >= 15 is 0 Å². The molecule has 2 amide bonds.